The fourth-order valence-corrected chi connectivity index (χ4v) is 6.37. The van der Waals surface area contributed by atoms with Gasteiger partial charge in [0.1, 0.15) is 19.3 Å². The molecule has 1 heterocycles. The molecule has 0 spiro atoms. The number of ether oxygens (including phenoxy) is 4. The molecule has 1 saturated heterocycles. The van der Waals surface area contributed by atoms with Gasteiger partial charge in [-0.15, -0.1) is 0 Å². The number of nitrogens with zero attached hydrogens (tertiary/aromatic N) is 1. The van der Waals surface area contributed by atoms with Crippen LogP contribution < -0.4 is 0 Å². The zero-order valence-corrected chi connectivity index (χ0v) is 29.2. The summed E-state index contributed by atoms with van der Waals surface area (Å²) < 4.78 is 21.2. The number of esters is 3. The number of carbonyl (C=O) groups is 4. The lowest BCUT2D eigenvalue weighted by molar-refractivity contribution is -0.166. The average molecular weight is 678 g/mol. The Bertz CT molecular complexity index is 1640. The topological polar surface area (TPSA) is 150 Å². The Balaban J connectivity index is 1.60. The molecule has 49 heavy (non-hydrogen) atoms. The second-order valence-corrected chi connectivity index (χ2v) is 13.9. The van der Waals surface area contributed by atoms with Crippen LogP contribution in [0.25, 0.3) is 21.5 Å². The molecule has 4 atom stereocenters. The summed E-state index contributed by atoms with van der Waals surface area (Å²) in [5.41, 5.74) is -2.93. The molecule has 1 aliphatic rings. The lowest BCUT2D eigenvalue weighted by Crippen LogP contribution is -2.43. The quantitative estimate of drug-likeness (QED) is 0.0356. The average Bonchev–Trinajstić information content (AvgIpc) is 3.92. The number of aliphatic hydroxyl groups excluding tert-OH is 1. The molecule has 11 heteroatoms. The van der Waals surface area contributed by atoms with E-state index < -0.39 is 52.6 Å². The maximum absolute atomic E-state index is 13.7. The molecule has 0 aromatic heterocycles. The van der Waals surface area contributed by atoms with Gasteiger partial charge >= 0.3 is 23.9 Å². The highest BCUT2D eigenvalue weighted by Gasteiger charge is 2.49. The first-order chi connectivity index (χ1) is 23.3. The summed E-state index contributed by atoms with van der Waals surface area (Å²) in [4.78, 5) is 59.0. The van der Waals surface area contributed by atoms with Crippen molar-refractivity contribution in [3.05, 3.63) is 60.2 Å². The van der Waals surface area contributed by atoms with E-state index >= 15 is 0 Å². The smallest absolute Gasteiger partial charge is 0.340 e. The third-order valence-electron chi connectivity index (χ3n) is 9.34. The molecule has 0 saturated carbocycles. The molecular formula is C38H47NO10. The molecule has 3 aromatic rings. The predicted octanol–water partition coefficient (Wildman–Crippen LogP) is 5.76. The van der Waals surface area contributed by atoms with E-state index in [0.717, 1.165) is 27.1 Å². The Kier molecular flexibility index (Phi) is 12.2. The summed E-state index contributed by atoms with van der Waals surface area (Å²) in [6.45, 7) is 8.24. The zero-order chi connectivity index (χ0) is 35.8. The van der Waals surface area contributed by atoms with Gasteiger partial charge in [0.05, 0.1) is 48.7 Å². The van der Waals surface area contributed by atoms with Crippen LogP contribution in [-0.4, -0.2) is 74.8 Å². The van der Waals surface area contributed by atoms with Crippen LogP contribution in [0.4, 0.5) is 0 Å². The van der Waals surface area contributed by atoms with Gasteiger partial charge in [-0.05, 0) is 81.0 Å². The van der Waals surface area contributed by atoms with Crippen LogP contribution in [0.1, 0.15) is 65.9 Å². The Labute approximate surface area is 286 Å². The van der Waals surface area contributed by atoms with Gasteiger partial charge in [0.15, 0.2) is 0 Å². The number of aliphatic hydroxyl groups is 1. The monoisotopic (exact) mass is 677 g/mol. The summed E-state index contributed by atoms with van der Waals surface area (Å²) in [5, 5.41) is 17.3. The molecule has 1 N–H and O–H groups in total. The summed E-state index contributed by atoms with van der Waals surface area (Å²) >= 11 is 0. The normalized spacial score (nSPS) is 17.6. The van der Waals surface area contributed by atoms with E-state index in [0.29, 0.717) is 13.0 Å². The van der Waals surface area contributed by atoms with Crippen molar-refractivity contribution in [1.82, 2.24) is 0 Å². The lowest BCUT2D eigenvalue weighted by Gasteiger charge is -2.38. The standard InChI is InChI=1S/C38H47NO10/c1-7-37(4,34(43)45-6)24-38(5,35(44)48-23-28-22-47-28)20-27(32(41)46-17-16-40)19-36(2,3)33(42)49-39-21-31-29-14-10-8-12-25(29)18-26-13-9-11-15-30(26)31/h8-15,18,21,27-28,40H,7,16-17,19-20,22-24H2,1-6H3. The molecule has 4 rings (SSSR count). The number of rotatable bonds is 17. The van der Waals surface area contributed by atoms with Crippen molar-refractivity contribution in [2.24, 2.45) is 27.3 Å². The Hall–Kier alpha value is -4.35. The third-order valence-corrected chi connectivity index (χ3v) is 9.34. The highest BCUT2D eigenvalue weighted by molar-refractivity contribution is 6.13. The van der Waals surface area contributed by atoms with Crippen molar-refractivity contribution in [2.45, 2.75) is 66.4 Å². The second-order valence-electron chi connectivity index (χ2n) is 13.9. The highest BCUT2D eigenvalue weighted by Crippen LogP contribution is 2.45. The third kappa shape index (κ3) is 9.21. The minimum atomic E-state index is -1.37. The number of oxime groups is 1. The number of methoxy groups -OCH3 is 1. The van der Waals surface area contributed by atoms with E-state index in [1.165, 1.54) is 13.3 Å². The molecular weight excluding hydrogens is 630 g/mol. The fourth-order valence-electron chi connectivity index (χ4n) is 6.37. The number of benzene rings is 3. The van der Waals surface area contributed by atoms with Crippen LogP contribution in [0.3, 0.4) is 0 Å². The van der Waals surface area contributed by atoms with Gasteiger partial charge in [-0.3, -0.25) is 14.4 Å². The van der Waals surface area contributed by atoms with Crippen molar-refractivity contribution in [3.63, 3.8) is 0 Å². The van der Waals surface area contributed by atoms with E-state index in [2.05, 4.69) is 11.2 Å². The fraction of sp³-hybridized carbons (Fsp3) is 0.500. The second kappa shape index (κ2) is 15.9. The Morgan fingerprint density at radius 1 is 0.918 bits per heavy atom. The SMILES string of the molecule is CCC(C)(CC(C)(CC(CC(C)(C)C(=O)ON=Cc1c2ccccc2cc2ccccc12)C(=O)OCCO)C(=O)OCC1CO1)C(=O)OC. The van der Waals surface area contributed by atoms with E-state index in [-0.39, 0.29) is 38.6 Å². The molecule has 264 valence electrons. The van der Waals surface area contributed by atoms with Crippen molar-refractivity contribution in [2.75, 3.05) is 33.5 Å². The molecule has 1 fully saturated rings. The largest absolute Gasteiger partial charge is 0.469 e. The van der Waals surface area contributed by atoms with Crippen molar-refractivity contribution in [3.8, 4) is 0 Å². The summed E-state index contributed by atoms with van der Waals surface area (Å²) in [5.74, 6) is -3.54. The number of hydrogen-bond donors (Lipinski definition) is 1. The predicted molar refractivity (Wildman–Crippen MR) is 184 cm³/mol. The van der Waals surface area contributed by atoms with Gasteiger partial charge in [-0.2, -0.15) is 0 Å². The van der Waals surface area contributed by atoms with Crippen LogP contribution in [0.2, 0.25) is 0 Å². The van der Waals surface area contributed by atoms with Gasteiger partial charge in [0.25, 0.3) is 0 Å². The Morgan fingerprint density at radius 3 is 2.08 bits per heavy atom. The van der Waals surface area contributed by atoms with Crippen LogP contribution in [0.15, 0.2) is 59.8 Å². The molecule has 0 radical (unpaired) electrons. The summed E-state index contributed by atoms with van der Waals surface area (Å²) in [6, 6.07) is 17.8. The molecule has 0 aliphatic carbocycles. The molecule has 11 nitrogen and oxygen atoms in total. The Morgan fingerprint density at radius 2 is 1.53 bits per heavy atom. The minimum absolute atomic E-state index is 0.00542. The summed E-state index contributed by atoms with van der Waals surface area (Å²) in [7, 11) is 1.28. The van der Waals surface area contributed by atoms with Crippen LogP contribution in [0, 0.1) is 22.2 Å². The summed E-state index contributed by atoms with van der Waals surface area (Å²) in [6.07, 6.45) is 1.48. The zero-order valence-electron chi connectivity index (χ0n) is 29.2. The van der Waals surface area contributed by atoms with Crippen molar-refractivity contribution in [1.29, 1.82) is 0 Å². The first-order valence-corrected chi connectivity index (χ1v) is 16.6. The number of hydrogen-bond acceptors (Lipinski definition) is 11. The molecule has 1 aliphatic heterocycles. The maximum atomic E-state index is 13.7. The highest BCUT2D eigenvalue weighted by atomic mass is 16.7. The number of fused-ring (bicyclic) bond motifs is 2. The minimum Gasteiger partial charge on any atom is -0.469 e. The molecule has 0 bridgehead atoms. The maximum Gasteiger partial charge on any atom is 0.340 e. The van der Waals surface area contributed by atoms with E-state index in [4.69, 9.17) is 23.8 Å². The van der Waals surface area contributed by atoms with E-state index in [1.807, 2.05) is 55.5 Å². The number of epoxide rings is 1. The molecule has 0 amide bonds. The van der Waals surface area contributed by atoms with Crippen molar-refractivity contribution >= 4 is 51.6 Å². The number of carbonyl (C=O) groups excluding carboxylic acids is 4. The molecule has 4 unspecified atom stereocenters. The van der Waals surface area contributed by atoms with Gasteiger partial charge in [0.2, 0.25) is 0 Å². The van der Waals surface area contributed by atoms with Crippen LogP contribution >= 0.6 is 0 Å². The first kappa shape index (κ1) is 37.5. The van der Waals surface area contributed by atoms with Gasteiger partial charge < -0.3 is 28.9 Å². The lowest BCUT2D eigenvalue weighted by atomic mass is 9.66. The van der Waals surface area contributed by atoms with E-state index in [9.17, 15) is 24.3 Å². The van der Waals surface area contributed by atoms with Crippen LogP contribution in [0.5, 0.6) is 0 Å². The first-order valence-electron chi connectivity index (χ1n) is 16.6. The van der Waals surface area contributed by atoms with Gasteiger partial charge in [0, 0.05) is 5.56 Å². The van der Waals surface area contributed by atoms with Gasteiger partial charge in [-0.25, -0.2) is 4.79 Å². The van der Waals surface area contributed by atoms with Crippen LogP contribution in [-0.2, 0) is 43.0 Å². The van der Waals surface area contributed by atoms with Crippen molar-refractivity contribution < 1.29 is 48.1 Å². The molecule has 3 aromatic carbocycles. The van der Waals surface area contributed by atoms with Gasteiger partial charge in [-0.1, -0.05) is 60.6 Å². The van der Waals surface area contributed by atoms with E-state index in [1.54, 1.807) is 27.7 Å².